The molecule has 186 valence electrons. The summed E-state index contributed by atoms with van der Waals surface area (Å²) in [6.07, 6.45) is 8.75. The Morgan fingerprint density at radius 2 is 1.59 bits per heavy atom. The molecule has 2 aliphatic rings. The second-order valence-corrected chi connectivity index (χ2v) is 9.54. The number of benzene rings is 1. The molecule has 1 saturated heterocycles. The summed E-state index contributed by atoms with van der Waals surface area (Å²) < 4.78 is 6.04. The number of Topliss-reactive ketones (excluding diaryl/α,β-unsaturated/α-hetero) is 1. The van der Waals surface area contributed by atoms with Gasteiger partial charge in [0.15, 0.2) is 5.72 Å². The highest BCUT2D eigenvalue weighted by atomic mass is 16.6. The van der Waals surface area contributed by atoms with Crippen molar-refractivity contribution >= 4 is 23.6 Å². The van der Waals surface area contributed by atoms with Crippen LogP contribution in [0.25, 0.3) is 0 Å². The van der Waals surface area contributed by atoms with Gasteiger partial charge >= 0.3 is 5.97 Å². The van der Waals surface area contributed by atoms with E-state index < -0.39 is 5.72 Å². The fourth-order valence-corrected chi connectivity index (χ4v) is 5.13. The number of unbranched alkanes of at least 4 members (excludes halogenated alkanes) is 3. The van der Waals surface area contributed by atoms with E-state index >= 15 is 0 Å². The molecule has 7 heteroatoms. The zero-order valence-electron chi connectivity index (χ0n) is 20.6. The molecule has 0 aliphatic carbocycles. The minimum atomic E-state index is -0.555. The quantitative estimate of drug-likeness (QED) is 0.235. The van der Waals surface area contributed by atoms with Crippen molar-refractivity contribution in [1.82, 2.24) is 9.80 Å². The summed E-state index contributed by atoms with van der Waals surface area (Å²) in [7, 11) is 0. The molecule has 1 fully saturated rings. The average molecular weight is 471 g/mol. The van der Waals surface area contributed by atoms with Crippen molar-refractivity contribution in [3.8, 4) is 0 Å². The van der Waals surface area contributed by atoms with E-state index in [1.807, 2.05) is 0 Å². The first kappa shape index (κ1) is 26.1. The van der Waals surface area contributed by atoms with Crippen LogP contribution >= 0.6 is 0 Å². The maximum absolute atomic E-state index is 12.5. The van der Waals surface area contributed by atoms with E-state index in [-0.39, 0.29) is 36.4 Å². The van der Waals surface area contributed by atoms with Gasteiger partial charge in [-0.3, -0.25) is 24.2 Å². The maximum atomic E-state index is 12.5. The van der Waals surface area contributed by atoms with Crippen molar-refractivity contribution < 1.29 is 23.9 Å². The van der Waals surface area contributed by atoms with Crippen LogP contribution in [0.15, 0.2) is 24.3 Å². The van der Waals surface area contributed by atoms with Gasteiger partial charge in [-0.05, 0) is 44.7 Å². The number of carbonyl (C=O) groups excluding carboxylic acids is 4. The van der Waals surface area contributed by atoms with Gasteiger partial charge in [0.05, 0.1) is 17.5 Å². The van der Waals surface area contributed by atoms with Crippen LogP contribution in [0, 0.1) is 0 Å². The van der Waals surface area contributed by atoms with Crippen LogP contribution in [-0.4, -0.2) is 58.7 Å². The van der Waals surface area contributed by atoms with E-state index in [1.165, 1.54) is 11.8 Å². The van der Waals surface area contributed by atoms with Gasteiger partial charge in [-0.25, -0.2) is 0 Å². The molecule has 0 spiro atoms. The normalized spacial score (nSPS) is 20.5. The van der Waals surface area contributed by atoms with Gasteiger partial charge in [-0.15, -0.1) is 0 Å². The number of piperidine rings is 1. The molecule has 34 heavy (non-hydrogen) atoms. The SMILES string of the molecule is CCCC1(OC(=O)CCC(C)=O)CCCCN1CCCCCCN1C(=O)c2ccccc2C1=O. The number of hydrogen-bond donors (Lipinski definition) is 0. The van der Waals surface area contributed by atoms with E-state index in [2.05, 4.69) is 11.8 Å². The molecule has 2 amide bonds. The van der Waals surface area contributed by atoms with Crippen LogP contribution in [-0.2, 0) is 14.3 Å². The Bertz CT molecular complexity index is 860. The molecule has 0 radical (unpaired) electrons. The van der Waals surface area contributed by atoms with Crippen LogP contribution in [0.2, 0.25) is 0 Å². The van der Waals surface area contributed by atoms with Crippen molar-refractivity contribution in [1.29, 1.82) is 0 Å². The Morgan fingerprint density at radius 1 is 0.941 bits per heavy atom. The number of esters is 1. The maximum Gasteiger partial charge on any atom is 0.308 e. The molecule has 2 aliphatic heterocycles. The molecule has 0 N–H and O–H groups in total. The van der Waals surface area contributed by atoms with Crippen molar-refractivity contribution in [3.63, 3.8) is 0 Å². The van der Waals surface area contributed by atoms with Crippen molar-refractivity contribution in [2.24, 2.45) is 0 Å². The summed E-state index contributed by atoms with van der Waals surface area (Å²) in [6, 6.07) is 6.99. The fraction of sp³-hybridized carbons (Fsp3) is 0.630. The summed E-state index contributed by atoms with van der Waals surface area (Å²) >= 11 is 0. The molecule has 1 unspecified atom stereocenters. The fourth-order valence-electron chi connectivity index (χ4n) is 5.13. The lowest BCUT2D eigenvalue weighted by molar-refractivity contribution is -0.197. The minimum absolute atomic E-state index is 0.00297. The van der Waals surface area contributed by atoms with Crippen LogP contribution in [0.5, 0.6) is 0 Å². The van der Waals surface area contributed by atoms with Gasteiger partial charge in [0.25, 0.3) is 11.8 Å². The zero-order valence-corrected chi connectivity index (χ0v) is 20.6. The van der Waals surface area contributed by atoms with Gasteiger partial charge in [0.1, 0.15) is 5.78 Å². The molecule has 0 aromatic heterocycles. The number of ether oxygens (including phenoxy) is 1. The van der Waals surface area contributed by atoms with Crippen molar-refractivity contribution in [2.45, 2.75) is 90.2 Å². The first-order chi connectivity index (χ1) is 16.4. The van der Waals surface area contributed by atoms with Gasteiger partial charge < -0.3 is 9.53 Å². The molecule has 7 nitrogen and oxygen atoms in total. The topological polar surface area (TPSA) is 84.0 Å². The first-order valence-electron chi connectivity index (χ1n) is 12.8. The lowest BCUT2D eigenvalue weighted by Gasteiger charge is -2.46. The number of fused-ring (bicyclic) bond motifs is 1. The third kappa shape index (κ3) is 6.32. The Morgan fingerprint density at radius 3 is 2.21 bits per heavy atom. The second-order valence-electron chi connectivity index (χ2n) is 9.54. The lowest BCUT2D eigenvalue weighted by Crippen LogP contribution is -2.55. The number of rotatable bonds is 13. The highest BCUT2D eigenvalue weighted by Crippen LogP contribution is 2.34. The van der Waals surface area contributed by atoms with Crippen LogP contribution in [0.3, 0.4) is 0 Å². The third-order valence-corrected chi connectivity index (χ3v) is 6.89. The minimum Gasteiger partial charge on any atom is -0.444 e. The molecule has 3 rings (SSSR count). The summed E-state index contributed by atoms with van der Waals surface area (Å²) in [5, 5.41) is 0. The first-order valence-corrected chi connectivity index (χ1v) is 12.8. The highest BCUT2D eigenvalue weighted by molar-refractivity contribution is 6.21. The number of hydrogen-bond acceptors (Lipinski definition) is 6. The zero-order chi connectivity index (χ0) is 24.6. The van der Waals surface area contributed by atoms with Gasteiger partial charge in [0, 0.05) is 38.9 Å². The predicted octanol–water partition coefficient (Wildman–Crippen LogP) is 4.74. The van der Waals surface area contributed by atoms with E-state index in [0.717, 1.165) is 70.9 Å². The number of imide groups is 1. The number of amides is 2. The average Bonchev–Trinajstić information content (AvgIpc) is 3.06. The summed E-state index contributed by atoms with van der Waals surface area (Å²) in [4.78, 5) is 52.4. The van der Waals surface area contributed by atoms with Crippen LogP contribution in [0.1, 0.15) is 105 Å². The standard InChI is InChI=1S/C27H38N2O5/c1-3-16-27(34-24(31)15-14-21(2)30)17-8-11-19-28(27)18-9-4-5-10-20-29-25(32)22-12-6-7-13-23(22)26(29)33/h6-7,12-13H,3-5,8-11,14-20H2,1-2H3. The lowest BCUT2D eigenvalue weighted by atomic mass is 9.93. The monoisotopic (exact) mass is 470 g/mol. The molecule has 1 atom stereocenters. The van der Waals surface area contributed by atoms with Crippen LogP contribution < -0.4 is 0 Å². The van der Waals surface area contributed by atoms with E-state index in [0.29, 0.717) is 17.7 Å². The Hall–Kier alpha value is -2.54. The van der Waals surface area contributed by atoms with E-state index in [9.17, 15) is 19.2 Å². The molecule has 1 aromatic carbocycles. The van der Waals surface area contributed by atoms with Crippen molar-refractivity contribution in [3.05, 3.63) is 35.4 Å². The number of ketones is 1. The van der Waals surface area contributed by atoms with Crippen molar-refractivity contribution in [2.75, 3.05) is 19.6 Å². The molecule has 2 heterocycles. The van der Waals surface area contributed by atoms with Gasteiger partial charge in [0.2, 0.25) is 0 Å². The molecule has 1 aromatic rings. The second kappa shape index (κ2) is 12.2. The van der Waals surface area contributed by atoms with Gasteiger partial charge in [-0.1, -0.05) is 38.3 Å². The number of nitrogens with zero attached hydrogens (tertiary/aromatic N) is 2. The molecule has 0 bridgehead atoms. The largest absolute Gasteiger partial charge is 0.444 e. The Kier molecular flexibility index (Phi) is 9.39. The van der Waals surface area contributed by atoms with E-state index in [4.69, 9.17) is 4.74 Å². The van der Waals surface area contributed by atoms with Crippen LogP contribution in [0.4, 0.5) is 0 Å². The third-order valence-electron chi connectivity index (χ3n) is 6.89. The van der Waals surface area contributed by atoms with Gasteiger partial charge in [-0.2, -0.15) is 0 Å². The Balaban J connectivity index is 1.45. The van der Waals surface area contributed by atoms with E-state index in [1.54, 1.807) is 24.3 Å². The Labute approximate surface area is 202 Å². The molecular weight excluding hydrogens is 432 g/mol. The summed E-state index contributed by atoms with van der Waals surface area (Å²) in [5.41, 5.74) is 0.450. The summed E-state index contributed by atoms with van der Waals surface area (Å²) in [5.74, 6) is -0.658. The number of likely N-dealkylation sites (tertiary alicyclic amines) is 1. The highest BCUT2D eigenvalue weighted by Gasteiger charge is 2.41. The smallest absolute Gasteiger partial charge is 0.308 e. The molecule has 0 saturated carbocycles. The molecular formula is C27H38N2O5. The number of carbonyl (C=O) groups is 4. The predicted molar refractivity (Wildman–Crippen MR) is 129 cm³/mol. The summed E-state index contributed by atoms with van der Waals surface area (Å²) in [6.45, 7) is 5.82.